The number of hydrogen-bond acceptors (Lipinski definition) is 1. The van der Waals surface area contributed by atoms with Gasteiger partial charge in [0, 0.05) is 12.1 Å². The van der Waals surface area contributed by atoms with E-state index < -0.39 is 0 Å². The lowest BCUT2D eigenvalue weighted by atomic mass is 9.97. The highest BCUT2D eigenvalue weighted by atomic mass is 19.1. The van der Waals surface area contributed by atoms with Gasteiger partial charge in [-0.25, -0.2) is 4.39 Å². The number of halogens is 1. The monoisotopic (exact) mass is 271 g/mol. The van der Waals surface area contributed by atoms with Gasteiger partial charge < -0.3 is 5.32 Å². The average Bonchev–Trinajstić information content (AvgIpc) is 2.41. The summed E-state index contributed by atoms with van der Waals surface area (Å²) in [6.07, 6.45) is 1.05. The minimum atomic E-state index is -0.147. The number of nitrogens with one attached hydrogen (secondary N) is 1. The first-order chi connectivity index (χ1) is 9.60. The quantitative estimate of drug-likeness (QED) is 0.849. The van der Waals surface area contributed by atoms with Crippen molar-refractivity contribution in [2.75, 3.05) is 7.05 Å². The second-order valence-corrected chi connectivity index (χ2v) is 5.63. The first-order valence-electron chi connectivity index (χ1n) is 7.12. The summed E-state index contributed by atoms with van der Waals surface area (Å²) in [6, 6.07) is 13.9. The van der Waals surface area contributed by atoms with Gasteiger partial charge in [-0.15, -0.1) is 0 Å². The van der Waals surface area contributed by atoms with Crippen molar-refractivity contribution in [2.45, 2.75) is 26.8 Å². The Morgan fingerprint density at radius 3 is 2.45 bits per heavy atom. The van der Waals surface area contributed by atoms with Crippen molar-refractivity contribution >= 4 is 0 Å². The zero-order chi connectivity index (χ0) is 14.5. The van der Waals surface area contributed by atoms with E-state index in [4.69, 9.17) is 0 Å². The molecule has 106 valence electrons. The maximum atomic E-state index is 14.0. The van der Waals surface area contributed by atoms with Crippen LogP contribution in [0.25, 0.3) is 11.1 Å². The third-order valence-electron chi connectivity index (χ3n) is 3.32. The van der Waals surface area contributed by atoms with Crippen LogP contribution in [0.3, 0.4) is 0 Å². The molecule has 0 fully saturated rings. The fourth-order valence-corrected chi connectivity index (χ4v) is 2.41. The Morgan fingerprint density at radius 2 is 1.80 bits per heavy atom. The molecule has 0 unspecified atom stereocenters. The molecule has 2 aromatic rings. The number of benzene rings is 2. The molecule has 0 saturated carbocycles. The van der Waals surface area contributed by atoms with Crippen molar-refractivity contribution in [1.29, 1.82) is 0 Å². The maximum Gasteiger partial charge on any atom is 0.128 e. The van der Waals surface area contributed by atoms with Crippen molar-refractivity contribution in [3.05, 3.63) is 59.4 Å². The summed E-state index contributed by atoms with van der Waals surface area (Å²) < 4.78 is 14.0. The largest absolute Gasteiger partial charge is 0.316 e. The van der Waals surface area contributed by atoms with E-state index in [1.54, 1.807) is 6.07 Å². The van der Waals surface area contributed by atoms with Gasteiger partial charge in [0.2, 0.25) is 0 Å². The van der Waals surface area contributed by atoms with Gasteiger partial charge in [0.05, 0.1) is 0 Å². The van der Waals surface area contributed by atoms with Gasteiger partial charge in [-0.1, -0.05) is 50.2 Å². The molecule has 0 aromatic heterocycles. The Morgan fingerprint density at radius 1 is 1.05 bits per heavy atom. The van der Waals surface area contributed by atoms with Crippen LogP contribution in [-0.4, -0.2) is 7.05 Å². The molecule has 0 bridgehead atoms. The first kappa shape index (κ1) is 14.7. The third-order valence-corrected chi connectivity index (χ3v) is 3.32. The van der Waals surface area contributed by atoms with Crippen LogP contribution in [0.2, 0.25) is 0 Å². The van der Waals surface area contributed by atoms with Crippen LogP contribution in [0.1, 0.15) is 25.0 Å². The number of rotatable bonds is 5. The molecule has 2 aromatic carbocycles. The molecule has 0 heterocycles. The highest BCUT2D eigenvalue weighted by molar-refractivity contribution is 5.64. The molecule has 0 amide bonds. The van der Waals surface area contributed by atoms with E-state index in [2.05, 4.69) is 31.3 Å². The molecule has 0 saturated heterocycles. The maximum absolute atomic E-state index is 14.0. The van der Waals surface area contributed by atoms with E-state index in [9.17, 15) is 4.39 Å². The lowest BCUT2D eigenvalue weighted by Gasteiger charge is -2.09. The molecule has 2 rings (SSSR count). The van der Waals surface area contributed by atoms with Gasteiger partial charge >= 0.3 is 0 Å². The molecule has 0 radical (unpaired) electrons. The van der Waals surface area contributed by atoms with Crippen molar-refractivity contribution in [1.82, 2.24) is 5.32 Å². The second kappa shape index (κ2) is 6.67. The van der Waals surface area contributed by atoms with Crippen molar-refractivity contribution in [3.63, 3.8) is 0 Å². The molecule has 0 spiro atoms. The highest BCUT2D eigenvalue weighted by Gasteiger charge is 2.06. The summed E-state index contributed by atoms with van der Waals surface area (Å²) >= 11 is 0. The van der Waals surface area contributed by atoms with Crippen LogP contribution in [-0.2, 0) is 13.0 Å². The zero-order valence-corrected chi connectivity index (χ0v) is 12.4. The van der Waals surface area contributed by atoms with Crippen molar-refractivity contribution in [3.8, 4) is 11.1 Å². The second-order valence-electron chi connectivity index (χ2n) is 5.63. The molecule has 2 heteroatoms. The Kier molecular flexibility index (Phi) is 4.91. The molecular formula is C18H22FN. The van der Waals surface area contributed by atoms with Crippen LogP contribution in [0.4, 0.5) is 4.39 Å². The topological polar surface area (TPSA) is 12.0 Å². The SMILES string of the molecule is CNCc1ccc(-c2cccc(CC(C)C)c2)cc1F. The summed E-state index contributed by atoms with van der Waals surface area (Å²) in [5.41, 5.74) is 4.03. The van der Waals surface area contributed by atoms with Gasteiger partial charge in [-0.05, 0) is 42.1 Å². The van der Waals surface area contributed by atoms with E-state index in [-0.39, 0.29) is 5.82 Å². The lowest BCUT2D eigenvalue weighted by molar-refractivity contribution is 0.601. The number of hydrogen-bond donors (Lipinski definition) is 1. The predicted octanol–water partition coefficient (Wildman–Crippen LogP) is 4.41. The van der Waals surface area contributed by atoms with Gasteiger partial charge in [0.25, 0.3) is 0 Å². The van der Waals surface area contributed by atoms with Gasteiger partial charge in [-0.3, -0.25) is 0 Å². The Balaban J connectivity index is 2.29. The van der Waals surface area contributed by atoms with E-state index in [1.165, 1.54) is 5.56 Å². The highest BCUT2D eigenvalue weighted by Crippen LogP contribution is 2.24. The normalized spacial score (nSPS) is 11.1. The summed E-state index contributed by atoms with van der Waals surface area (Å²) in [4.78, 5) is 0. The fourth-order valence-electron chi connectivity index (χ4n) is 2.41. The molecule has 20 heavy (non-hydrogen) atoms. The Hall–Kier alpha value is -1.67. The fraction of sp³-hybridized carbons (Fsp3) is 0.333. The van der Waals surface area contributed by atoms with Crippen molar-refractivity contribution < 1.29 is 4.39 Å². The third kappa shape index (κ3) is 3.67. The Labute approximate surface area is 120 Å². The molecule has 1 N–H and O–H groups in total. The molecule has 0 aliphatic carbocycles. The molecule has 0 aliphatic heterocycles. The van der Waals surface area contributed by atoms with Crippen LogP contribution in [0, 0.1) is 11.7 Å². The van der Waals surface area contributed by atoms with Crippen LogP contribution in [0.5, 0.6) is 0 Å². The summed E-state index contributed by atoms with van der Waals surface area (Å²) in [5.74, 6) is 0.478. The smallest absolute Gasteiger partial charge is 0.128 e. The molecular weight excluding hydrogens is 249 g/mol. The molecule has 0 atom stereocenters. The first-order valence-corrected chi connectivity index (χ1v) is 7.12. The van der Waals surface area contributed by atoms with Crippen molar-refractivity contribution in [2.24, 2.45) is 5.92 Å². The summed E-state index contributed by atoms with van der Waals surface area (Å²) in [6.45, 7) is 4.97. The van der Waals surface area contributed by atoms with Crippen LogP contribution >= 0.6 is 0 Å². The lowest BCUT2D eigenvalue weighted by Crippen LogP contribution is -2.06. The molecule has 0 aliphatic rings. The summed E-state index contributed by atoms with van der Waals surface area (Å²) in [7, 11) is 1.82. The van der Waals surface area contributed by atoms with Gasteiger partial charge in [0.15, 0.2) is 0 Å². The van der Waals surface area contributed by atoms with E-state index in [0.29, 0.717) is 18.0 Å². The Bertz CT molecular complexity index is 575. The summed E-state index contributed by atoms with van der Waals surface area (Å²) in [5, 5.41) is 2.97. The van der Waals surface area contributed by atoms with Gasteiger partial charge in [0.1, 0.15) is 5.82 Å². The molecule has 1 nitrogen and oxygen atoms in total. The van der Waals surface area contributed by atoms with E-state index in [1.807, 2.05) is 31.3 Å². The zero-order valence-electron chi connectivity index (χ0n) is 12.4. The minimum Gasteiger partial charge on any atom is -0.316 e. The standard InChI is InChI=1S/C18H22FN/c1-13(2)9-14-5-4-6-15(10-14)16-7-8-17(12-20-3)18(19)11-16/h4-8,10-11,13,20H,9,12H2,1-3H3. The van der Waals surface area contributed by atoms with E-state index in [0.717, 1.165) is 17.5 Å². The van der Waals surface area contributed by atoms with Crippen LogP contribution in [0.15, 0.2) is 42.5 Å². The predicted molar refractivity (Wildman–Crippen MR) is 83.1 cm³/mol. The van der Waals surface area contributed by atoms with Gasteiger partial charge in [-0.2, -0.15) is 0 Å². The average molecular weight is 271 g/mol. The van der Waals surface area contributed by atoms with Crippen LogP contribution < -0.4 is 5.32 Å². The minimum absolute atomic E-state index is 0.147. The van der Waals surface area contributed by atoms with E-state index >= 15 is 0 Å².